The minimum absolute atomic E-state index is 0.575. The smallest absolute Gasteiger partial charge is 0.395 e. The Kier molecular flexibility index (Phi) is 8.27. The van der Waals surface area contributed by atoms with E-state index in [1.165, 1.54) is 0 Å². The molecule has 0 aromatic carbocycles. The van der Waals surface area contributed by atoms with Gasteiger partial charge >= 0.3 is 9.05 Å². The average molecular weight is 296 g/mol. The lowest BCUT2D eigenvalue weighted by molar-refractivity contribution is 0.0974. The van der Waals surface area contributed by atoms with Gasteiger partial charge in [0, 0.05) is 6.61 Å². The van der Waals surface area contributed by atoms with Crippen LogP contribution in [0.25, 0.3) is 0 Å². The summed E-state index contributed by atoms with van der Waals surface area (Å²) in [5.74, 6) is 0. The first-order valence-corrected chi connectivity index (χ1v) is 14.3. The lowest BCUT2D eigenvalue weighted by Gasteiger charge is -2.32. The van der Waals surface area contributed by atoms with Crippen molar-refractivity contribution in [2.45, 2.75) is 46.2 Å². The van der Waals surface area contributed by atoms with E-state index in [1.54, 1.807) is 0 Å². The molecule has 0 rings (SSSR count). The van der Waals surface area contributed by atoms with Gasteiger partial charge in [0.25, 0.3) is 0 Å². The normalized spacial score (nSPS) is 13.1. The zero-order valence-corrected chi connectivity index (χ0v) is 15.3. The second kappa shape index (κ2) is 7.92. The number of hydrogen-bond acceptors (Lipinski definition) is 4. The molecule has 4 nitrogen and oxygen atoms in total. The highest BCUT2D eigenvalue weighted by atomic mass is 28.5. The molecule has 0 aromatic heterocycles. The van der Waals surface area contributed by atoms with Gasteiger partial charge < -0.3 is 16.8 Å². The maximum atomic E-state index is 5.93. The van der Waals surface area contributed by atoms with Crippen molar-refractivity contribution in [1.82, 2.24) is 0 Å². The van der Waals surface area contributed by atoms with Crippen LogP contribution in [-0.4, -0.2) is 42.8 Å². The van der Waals surface area contributed by atoms with Gasteiger partial charge in [-0.1, -0.05) is 0 Å². The average Bonchev–Trinajstić information content (AvgIpc) is 1.98. The van der Waals surface area contributed by atoms with E-state index in [0.717, 1.165) is 0 Å². The number of rotatable bonds is 8. The van der Waals surface area contributed by atoms with Crippen molar-refractivity contribution in [3.8, 4) is 0 Å². The highest BCUT2D eigenvalue weighted by Crippen LogP contribution is 2.16. The standard InChI is InChI=1S/C8H23O4Si4/c1-8-9-16(10-13(2)3,11-14(4)5)12-15(6)7/h8H2,1-7H3. The molecule has 16 heavy (non-hydrogen) atoms. The fraction of sp³-hybridized carbons (Fsp3) is 1.00. The predicted molar refractivity (Wildman–Crippen MR) is 73.1 cm³/mol. The van der Waals surface area contributed by atoms with E-state index in [-0.39, 0.29) is 0 Å². The maximum Gasteiger partial charge on any atom is 0.647 e. The zero-order chi connectivity index (χ0) is 12.8. The molecular weight excluding hydrogens is 272 g/mol. The van der Waals surface area contributed by atoms with Gasteiger partial charge in [-0.25, -0.2) is 0 Å². The predicted octanol–water partition coefficient (Wildman–Crippen LogP) is 2.26. The van der Waals surface area contributed by atoms with Crippen LogP contribution in [0.3, 0.4) is 0 Å². The highest BCUT2D eigenvalue weighted by Gasteiger charge is 2.47. The molecular formula is C8H23O4Si4. The van der Waals surface area contributed by atoms with Crippen LogP contribution in [0, 0.1) is 0 Å². The fourth-order valence-electron chi connectivity index (χ4n) is 1.08. The first-order valence-electron chi connectivity index (χ1n) is 5.42. The van der Waals surface area contributed by atoms with Crippen molar-refractivity contribution >= 4 is 36.2 Å². The van der Waals surface area contributed by atoms with Gasteiger partial charge in [-0.2, -0.15) is 0 Å². The van der Waals surface area contributed by atoms with E-state index >= 15 is 0 Å². The molecule has 0 aromatic rings. The summed E-state index contributed by atoms with van der Waals surface area (Å²) < 4.78 is 23.5. The molecule has 0 N–H and O–H groups in total. The minimum atomic E-state index is -2.85. The van der Waals surface area contributed by atoms with Crippen molar-refractivity contribution < 1.29 is 16.8 Å². The van der Waals surface area contributed by atoms with Crippen LogP contribution in [0.4, 0.5) is 0 Å². The minimum Gasteiger partial charge on any atom is -0.395 e. The van der Waals surface area contributed by atoms with Crippen LogP contribution in [0.2, 0.25) is 39.3 Å². The Morgan fingerprint density at radius 3 is 1.25 bits per heavy atom. The maximum absolute atomic E-state index is 5.93. The Labute approximate surface area is 106 Å². The SMILES string of the molecule is CCO[Si](O[Si](C)C)(O[Si](C)C)O[Si](C)C. The molecule has 95 valence electrons. The molecule has 0 fully saturated rings. The summed E-state index contributed by atoms with van der Waals surface area (Å²) in [5, 5.41) is 0. The Bertz CT molecular complexity index is 162. The topological polar surface area (TPSA) is 36.9 Å². The summed E-state index contributed by atoms with van der Waals surface area (Å²) in [7, 11) is -5.50. The second-order valence-electron chi connectivity index (χ2n) is 3.96. The summed E-state index contributed by atoms with van der Waals surface area (Å²) in [6.07, 6.45) is 0. The van der Waals surface area contributed by atoms with Crippen LogP contribution >= 0.6 is 0 Å². The van der Waals surface area contributed by atoms with E-state index in [9.17, 15) is 0 Å². The van der Waals surface area contributed by atoms with E-state index in [1.807, 2.05) is 6.92 Å². The molecule has 0 unspecified atom stereocenters. The van der Waals surface area contributed by atoms with Crippen molar-refractivity contribution in [3.05, 3.63) is 0 Å². The van der Waals surface area contributed by atoms with Crippen molar-refractivity contribution in [3.63, 3.8) is 0 Å². The molecule has 0 aliphatic heterocycles. The Morgan fingerprint density at radius 2 is 1.06 bits per heavy atom. The molecule has 0 atom stereocenters. The van der Waals surface area contributed by atoms with Gasteiger partial charge in [-0.3, -0.25) is 0 Å². The summed E-state index contributed by atoms with van der Waals surface area (Å²) >= 11 is 0. The zero-order valence-electron chi connectivity index (χ0n) is 11.3. The van der Waals surface area contributed by atoms with Gasteiger partial charge in [-0.05, 0) is 46.2 Å². The molecule has 0 bridgehead atoms. The Balaban J connectivity index is 4.72. The summed E-state index contributed by atoms with van der Waals surface area (Å²) in [6.45, 7) is 15.0. The van der Waals surface area contributed by atoms with Gasteiger partial charge in [0.05, 0.1) is 0 Å². The first kappa shape index (κ1) is 16.7. The largest absolute Gasteiger partial charge is 0.647 e. The van der Waals surface area contributed by atoms with E-state index in [0.29, 0.717) is 6.61 Å². The quantitative estimate of drug-likeness (QED) is 0.644. The highest BCUT2D eigenvalue weighted by molar-refractivity contribution is 6.76. The summed E-state index contributed by atoms with van der Waals surface area (Å²) in [4.78, 5) is 0. The summed E-state index contributed by atoms with van der Waals surface area (Å²) in [6, 6.07) is 0. The van der Waals surface area contributed by atoms with Crippen LogP contribution in [0.15, 0.2) is 0 Å². The van der Waals surface area contributed by atoms with Crippen molar-refractivity contribution in [2.24, 2.45) is 0 Å². The molecule has 3 radical (unpaired) electrons. The third kappa shape index (κ3) is 7.12. The Morgan fingerprint density at radius 1 is 0.750 bits per heavy atom. The van der Waals surface area contributed by atoms with Gasteiger partial charge in [0.15, 0.2) is 27.1 Å². The molecule has 0 heterocycles. The third-order valence-corrected chi connectivity index (χ3v) is 9.85. The monoisotopic (exact) mass is 295 g/mol. The molecule has 0 aliphatic carbocycles. The third-order valence-electron chi connectivity index (χ3n) is 1.31. The van der Waals surface area contributed by atoms with E-state index in [2.05, 4.69) is 39.3 Å². The van der Waals surface area contributed by atoms with Gasteiger partial charge in [0.1, 0.15) is 0 Å². The van der Waals surface area contributed by atoms with Crippen LogP contribution in [0.1, 0.15) is 6.92 Å². The molecule has 0 spiro atoms. The Hall–Kier alpha value is 0.708. The van der Waals surface area contributed by atoms with Crippen LogP contribution in [-0.2, 0) is 16.8 Å². The lowest BCUT2D eigenvalue weighted by Crippen LogP contribution is -2.55. The van der Waals surface area contributed by atoms with Gasteiger partial charge in [-0.15, -0.1) is 0 Å². The molecule has 0 saturated heterocycles. The molecule has 0 amide bonds. The second-order valence-corrected chi connectivity index (χ2v) is 13.2. The lowest BCUT2D eigenvalue weighted by atomic mass is 10.9. The molecule has 0 aliphatic rings. The van der Waals surface area contributed by atoms with Crippen LogP contribution < -0.4 is 0 Å². The van der Waals surface area contributed by atoms with Crippen molar-refractivity contribution in [1.29, 1.82) is 0 Å². The summed E-state index contributed by atoms with van der Waals surface area (Å²) in [5.41, 5.74) is 0. The van der Waals surface area contributed by atoms with Crippen LogP contribution in [0.5, 0.6) is 0 Å². The van der Waals surface area contributed by atoms with E-state index < -0.39 is 36.2 Å². The first-order chi connectivity index (χ1) is 7.31. The van der Waals surface area contributed by atoms with Crippen molar-refractivity contribution in [2.75, 3.05) is 6.61 Å². The van der Waals surface area contributed by atoms with Gasteiger partial charge in [0.2, 0.25) is 0 Å². The molecule has 0 saturated carbocycles. The van der Waals surface area contributed by atoms with E-state index in [4.69, 9.17) is 16.8 Å². The number of hydrogen-bond donors (Lipinski definition) is 0. The molecule has 8 heteroatoms. The fourth-order valence-corrected chi connectivity index (χ4v) is 9.76.